The Morgan fingerprint density at radius 1 is 1.31 bits per heavy atom. The number of alkyl halides is 2. The van der Waals surface area contributed by atoms with E-state index in [2.05, 4.69) is 27.0 Å². The Bertz CT molecular complexity index is 904. The number of hydrogen-bond donors (Lipinski definition) is 1. The molecule has 0 saturated carbocycles. The summed E-state index contributed by atoms with van der Waals surface area (Å²) >= 11 is 0. The SMILES string of the molecule is CC(C)CC(F)(F)c1cc2c(cn1)C(C)(C)CN2C(=O)CN1C[C@@H](C)NC[C@@H]1CN1CCOCC1. The first kappa shape index (κ1) is 26.4. The van der Waals surface area contributed by atoms with Gasteiger partial charge in [-0.05, 0) is 18.9 Å². The van der Waals surface area contributed by atoms with Gasteiger partial charge in [-0.25, -0.2) is 0 Å². The second-order valence-corrected chi connectivity index (χ2v) is 11.6. The number of carbonyl (C=O) groups excluding carboxylic acids is 1. The molecule has 0 spiro atoms. The maximum absolute atomic E-state index is 14.9. The number of fused-ring (bicyclic) bond motifs is 1. The molecule has 196 valence electrons. The molecule has 1 N–H and O–H groups in total. The van der Waals surface area contributed by atoms with E-state index < -0.39 is 5.92 Å². The van der Waals surface area contributed by atoms with Crippen molar-refractivity contribution >= 4 is 11.6 Å². The Morgan fingerprint density at radius 2 is 2.03 bits per heavy atom. The number of piperazine rings is 1. The van der Waals surface area contributed by atoms with E-state index in [9.17, 15) is 13.6 Å². The summed E-state index contributed by atoms with van der Waals surface area (Å²) in [5.74, 6) is -3.23. The normalized spacial score (nSPS) is 25.8. The minimum atomic E-state index is -3.03. The average Bonchev–Trinajstić information content (AvgIpc) is 3.06. The van der Waals surface area contributed by atoms with Crippen molar-refractivity contribution < 1.29 is 18.3 Å². The lowest BCUT2D eigenvalue weighted by atomic mass is 9.88. The molecule has 7 nitrogen and oxygen atoms in total. The minimum absolute atomic E-state index is 0.0396. The Hall–Kier alpha value is -1.68. The van der Waals surface area contributed by atoms with Crippen LogP contribution >= 0.6 is 0 Å². The van der Waals surface area contributed by atoms with Crippen LogP contribution in [0.25, 0.3) is 0 Å². The van der Waals surface area contributed by atoms with E-state index in [4.69, 9.17) is 4.74 Å². The highest BCUT2D eigenvalue weighted by Gasteiger charge is 2.42. The van der Waals surface area contributed by atoms with Crippen LogP contribution in [0, 0.1) is 5.92 Å². The lowest BCUT2D eigenvalue weighted by Gasteiger charge is -2.42. The number of hydrogen-bond acceptors (Lipinski definition) is 6. The van der Waals surface area contributed by atoms with Crippen molar-refractivity contribution in [3.05, 3.63) is 23.5 Å². The Morgan fingerprint density at radius 3 is 2.71 bits per heavy atom. The number of nitrogens with one attached hydrogen (secondary N) is 1. The molecule has 1 amide bonds. The van der Waals surface area contributed by atoms with E-state index in [0.29, 0.717) is 12.2 Å². The topological polar surface area (TPSA) is 60.9 Å². The first-order valence-corrected chi connectivity index (χ1v) is 12.9. The number of morpholine rings is 1. The van der Waals surface area contributed by atoms with Gasteiger partial charge in [0.25, 0.3) is 5.92 Å². The lowest BCUT2D eigenvalue weighted by molar-refractivity contribution is -0.121. The molecule has 1 aromatic rings. The van der Waals surface area contributed by atoms with Crippen LogP contribution in [-0.2, 0) is 20.9 Å². The third-order valence-electron chi connectivity index (χ3n) is 7.43. The molecule has 0 unspecified atom stereocenters. The molecule has 0 aromatic carbocycles. The predicted octanol–water partition coefficient (Wildman–Crippen LogP) is 2.84. The van der Waals surface area contributed by atoms with Gasteiger partial charge < -0.3 is 15.0 Å². The molecule has 4 rings (SSSR count). The fourth-order valence-electron chi connectivity index (χ4n) is 5.54. The van der Waals surface area contributed by atoms with Crippen molar-refractivity contribution in [2.75, 3.05) is 63.9 Å². The van der Waals surface area contributed by atoms with E-state index in [1.165, 1.54) is 6.07 Å². The largest absolute Gasteiger partial charge is 0.379 e. The van der Waals surface area contributed by atoms with Crippen molar-refractivity contribution in [3.63, 3.8) is 0 Å². The monoisotopic (exact) mass is 493 g/mol. The molecule has 1 aromatic heterocycles. The summed E-state index contributed by atoms with van der Waals surface area (Å²) in [7, 11) is 0. The van der Waals surface area contributed by atoms with E-state index >= 15 is 0 Å². The van der Waals surface area contributed by atoms with Crippen molar-refractivity contribution in [2.45, 2.75) is 64.5 Å². The summed E-state index contributed by atoms with van der Waals surface area (Å²) in [6.45, 7) is 16.3. The molecule has 3 aliphatic heterocycles. The zero-order valence-electron chi connectivity index (χ0n) is 21.8. The summed E-state index contributed by atoms with van der Waals surface area (Å²) in [5, 5.41) is 3.55. The first-order chi connectivity index (χ1) is 16.5. The second kappa shape index (κ2) is 10.4. The van der Waals surface area contributed by atoms with Gasteiger partial charge in [0.2, 0.25) is 5.91 Å². The number of ether oxygens (including phenoxy) is 1. The highest BCUT2D eigenvalue weighted by atomic mass is 19.3. The molecule has 2 saturated heterocycles. The number of aromatic nitrogens is 1. The summed E-state index contributed by atoms with van der Waals surface area (Å²) in [6, 6.07) is 1.96. The molecule has 0 aliphatic carbocycles. The first-order valence-electron chi connectivity index (χ1n) is 12.9. The number of anilines is 1. The van der Waals surface area contributed by atoms with Crippen LogP contribution in [-0.4, -0.2) is 91.8 Å². The molecular weight excluding hydrogens is 452 g/mol. The Kier molecular flexibility index (Phi) is 7.81. The van der Waals surface area contributed by atoms with Gasteiger partial charge >= 0.3 is 0 Å². The van der Waals surface area contributed by atoms with E-state index in [-0.39, 0.29) is 48.0 Å². The van der Waals surface area contributed by atoms with Crippen LogP contribution < -0.4 is 10.2 Å². The molecule has 2 fully saturated rings. The number of nitrogens with zero attached hydrogens (tertiary/aromatic N) is 4. The average molecular weight is 494 g/mol. The van der Waals surface area contributed by atoms with E-state index in [1.54, 1.807) is 24.9 Å². The third kappa shape index (κ3) is 6.01. The van der Waals surface area contributed by atoms with Gasteiger partial charge in [-0.3, -0.25) is 19.6 Å². The molecule has 0 radical (unpaired) electrons. The van der Waals surface area contributed by atoms with Crippen LogP contribution in [0.15, 0.2) is 12.3 Å². The minimum Gasteiger partial charge on any atom is -0.379 e. The van der Waals surface area contributed by atoms with Gasteiger partial charge in [-0.15, -0.1) is 0 Å². The van der Waals surface area contributed by atoms with Gasteiger partial charge in [0.1, 0.15) is 5.69 Å². The molecule has 35 heavy (non-hydrogen) atoms. The van der Waals surface area contributed by atoms with E-state index in [1.807, 2.05) is 13.8 Å². The summed E-state index contributed by atoms with van der Waals surface area (Å²) in [4.78, 5) is 24.2. The van der Waals surface area contributed by atoms with Crippen LogP contribution in [0.3, 0.4) is 0 Å². The predicted molar refractivity (Wildman–Crippen MR) is 133 cm³/mol. The Labute approximate surface area is 208 Å². The van der Waals surface area contributed by atoms with Crippen LogP contribution in [0.1, 0.15) is 52.3 Å². The maximum atomic E-state index is 14.9. The van der Waals surface area contributed by atoms with Crippen LogP contribution in [0.4, 0.5) is 14.5 Å². The van der Waals surface area contributed by atoms with Gasteiger partial charge in [0.15, 0.2) is 0 Å². The van der Waals surface area contributed by atoms with Gasteiger partial charge in [0.05, 0.1) is 25.4 Å². The smallest absolute Gasteiger partial charge is 0.290 e. The summed E-state index contributed by atoms with van der Waals surface area (Å²) in [6.07, 6.45) is 1.29. The number of amides is 1. The number of carbonyl (C=O) groups is 1. The quantitative estimate of drug-likeness (QED) is 0.631. The molecule has 9 heteroatoms. The highest BCUT2D eigenvalue weighted by Crippen LogP contribution is 2.43. The van der Waals surface area contributed by atoms with Crippen molar-refractivity contribution in [3.8, 4) is 0 Å². The van der Waals surface area contributed by atoms with Crippen molar-refractivity contribution in [2.24, 2.45) is 5.92 Å². The lowest BCUT2D eigenvalue weighted by Crippen LogP contribution is -2.61. The number of pyridine rings is 1. The zero-order valence-corrected chi connectivity index (χ0v) is 21.8. The molecular formula is C26H41F2N5O2. The van der Waals surface area contributed by atoms with Crippen LogP contribution in [0.5, 0.6) is 0 Å². The standard InChI is InChI=1S/C26H41F2N5O2/c1-18(2)11-26(27,28)23-10-22-21(13-30-23)25(4,5)17-33(22)24(34)16-32-14-19(3)29-12-20(32)15-31-6-8-35-9-7-31/h10,13,18-20,29H,6-9,11-12,14-17H2,1-5H3/t19-,20-/m1/s1. The number of rotatable bonds is 7. The second-order valence-electron chi connectivity index (χ2n) is 11.6. The molecule has 0 bridgehead atoms. The highest BCUT2D eigenvalue weighted by molar-refractivity contribution is 5.97. The number of halogens is 2. The van der Waals surface area contributed by atoms with Crippen LogP contribution in [0.2, 0.25) is 0 Å². The summed E-state index contributed by atoms with van der Waals surface area (Å²) < 4.78 is 35.3. The van der Waals surface area contributed by atoms with Gasteiger partial charge in [0, 0.05) is 74.9 Å². The zero-order chi connectivity index (χ0) is 25.4. The third-order valence-corrected chi connectivity index (χ3v) is 7.43. The van der Waals surface area contributed by atoms with Crippen molar-refractivity contribution in [1.82, 2.24) is 20.1 Å². The maximum Gasteiger partial charge on any atom is 0.290 e. The van der Waals surface area contributed by atoms with Gasteiger partial charge in [-0.1, -0.05) is 27.7 Å². The van der Waals surface area contributed by atoms with E-state index in [0.717, 1.165) is 51.5 Å². The molecule has 2 atom stereocenters. The fraction of sp³-hybridized carbons (Fsp3) is 0.769. The summed E-state index contributed by atoms with van der Waals surface area (Å²) in [5.41, 5.74) is 0.852. The Balaban J connectivity index is 1.53. The molecule has 4 heterocycles. The fourth-order valence-corrected chi connectivity index (χ4v) is 5.54. The van der Waals surface area contributed by atoms with Crippen molar-refractivity contribution in [1.29, 1.82) is 0 Å². The van der Waals surface area contributed by atoms with Gasteiger partial charge in [-0.2, -0.15) is 8.78 Å². The molecule has 3 aliphatic rings.